The summed E-state index contributed by atoms with van der Waals surface area (Å²) < 4.78 is 1.95. The summed E-state index contributed by atoms with van der Waals surface area (Å²) in [5, 5.41) is 15.3. The Morgan fingerprint density at radius 2 is 2.19 bits per heavy atom. The molecule has 0 saturated heterocycles. The van der Waals surface area contributed by atoms with Crippen molar-refractivity contribution in [2.75, 3.05) is 7.05 Å². The molecule has 1 fully saturated rings. The van der Waals surface area contributed by atoms with E-state index >= 15 is 0 Å². The van der Waals surface area contributed by atoms with E-state index in [1.807, 2.05) is 18.7 Å². The van der Waals surface area contributed by atoms with Crippen LogP contribution >= 0.6 is 0 Å². The van der Waals surface area contributed by atoms with Crippen LogP contribution in [-0.2, 0) is 17.4 Å². The number of nitrogens with zero attached hydrogens (tertiary/aromatic N) is 5. The van der Waals surface area contributed by atoms with E-state index in [9.17, 15) is 9.59 Å². The minimum Gasteiger partial charge on any atom is -0.478 e. The molecule has 0 bridgehead atoms. The largest absolute Gasteiger partial charge is 0.478 e. The normalized spacial score (nSPS) is 15.6. The van der Waals surface area contributed by atoms with Crippen molar-refractivity contribution in [3.05, 3.63) is 45.6 Å². The van der Waals surface area contributed by atoms with E-state index < -0.39 is 11.9 Å². The molecule has 1 aromatic heterocycles. The summed E-state index contributed by atoms with van der Waals surface area (Å²) in [7, 11) is 3.79. The minimum absolute atomic E-state index is 0.115. The van der Waals surface area contributed by atoms with Gasteiger partial charge < -0.3 is 15.0 Å². The van der Waals surface area contributed by atoms with Gasteiger partial charge in [0.2, 0.25) is 5.91 Å². The topological polar surface area (TPSA) is 133 Å². The fourth-order valence-corrected chi connectivity index (χ4v) is 3.38. The van der Waals surface area contributed by atoms with E-state index in [2.05, 4.69) is 20.3 Å². The Hall–Kier alpha value is -3.16. The molecule has 9 heteroatoms. The second-order valence-electron chi connectivity index (χ2n) is 6.27. The lowest BCUT2D eigenvalue weighted by Crippen LogP contribution is -2.47. The van der Waals surface area contributed by atoms with Gasteiger partial charge in [-0.15, -0.1) is 0 Å². The monoisotopic (exact) mass is 354 g/mol. The molecule has 3 rings (SSSR count). The van der Waals surface area contributed by atoms with Crippen LogP contribution in [0.25, 0.3) is 27.6 Å². The molecular formula is C17H18N6O3. The van der Waals surface area contributed by atoms with Crippen molar-refractivity contribution in [3.8, 4) is 0 Å². The molecule has 0 atom stereocenters. The van der Waals surface area contributed by atoms with Crippen molar-refractivity contribution in [1.29, 1.82) is 0 Å². The van der Waals surface area contributed by atoms with Gasteiger partial charge in [0.25, 0.3) is 0 Å². The maximum Gasteiger partial charge on any atom is 0.328 e. The van der Waals surface area contributed by atoms with Gasteiger partial charge in [-0.1, -0.05) is 0 Å². The number of aromatic nitrogens is 2. The van der Waals surface area contributed by atoms with Crippen molar-refractivity contribution in [3.63, 3.8) is 0 Å². The first kappa shape index (κ1) is 17.7. The standard InChI is InChI=1S/C17H18N6O3/c1-19-17(6-3-7-17)16-20-12-9-11(15(26)21-22-18)10(4-5-14(24)25)8-13(12)23(16)2/h4-5,8-9,19H,3,6-7H2,1-2H3,(H,24,25)/b5-4+. The lowest BCUT2D eigenvalue weighted by molar-refractivity contribution is -0.131. The predicted molar refractivity (Wildman–Crippen MR) is 95.4 cm³/mol. The van der Waals surface area contributed by atoms with Crippen molar-refractivity contribution in [2.24, 2.45) is 12.2 Å². The molecule has 2 aromatic rings. The molecule has 0 unspecified atom stereocenters. The smallest absolute Gasteiger partial charge is 0.328 e. The Morgan fingerprint density at radius 3 is 2.73 bits per heavy atom. The summed E-state index contributed by atoms with van der Waals surface area (Å²) in [6, 6.07) is 3.23. The number of amides is 1. The van der Waals surface area contributed by atoms with Gasteiger partial charge in [0.15, 0.2) is 0 Å². The highest BCUT2D eigenvalue weighted by molar-refractivity contribution is 6.02. The van der Waals surface area contributed by atoms with Crippen LogP contribution < -0.4 is 5.32 Å². The molecule has 1 saturated carbocycles. The number of imidazole rings is 1. The van der Waals surface area contributed by atoms with Crippen molar-refractivity contribution in [1.82, 2.24) is 14.9 Å². The van der Waals surface area contributed by atoms with E-state index in [1.165, 1.54) is 6.08 Å². The minimum atomic E-state index is -1.14. The van der Waals surface area contributed by atoms with Gasteiger partial charge in [-0.2, -0.15) is 0 Å². The summed E-state index contributed by atoms with van der Waals surface area (Å²) in [6.45, 7) is 0. The van der Waals surface area contributed by atoms with Gasteiger partial charge in [-0.25, -0.2) is 9.78 Å². The van der Waals surface area contributed by atoms with E-state index in [4.69, 9.17) is 10.6 Å². The fraction of sp³-hybridized carbons (Fsp3) is 0.353. The molecule has 26 heavy (non-hydrogen) atoms. The molecule has 1 aliphatic rings. The average molecular weight is 354 g/mol. The summed E-state index contributed by atoms with van der Waals surface area (Å²) in [4.78, 5) is 30.2. The number of hydrogen-bond donors (Lipinski definition) is 2. The van der Waals surface area contributed by atoms with Gasteiger partial charge >= 0.3 is 5.97 Å². The highest BCUT2D eigenvalue weighted by atomic mass is 16.4. The van der Waals surface area contributed by atoms with Crippen LogP contribution in [0.2, 0.25) is 0 Å². The van der Waals surface area contributed by atoms with Gasteiger partial charge in [-0.05, 0) is 60.7 Å². The molecule has 2 N–H and O–H groups in total. The quantitative estimate of drug-likeness (QED) is 0.368. The highest BCUT2D eigenvalue weighted by Gasteiger charge is 2.41. The summed E-state index contributed by atoms with van der Waals surface area (Å²) in [5.41, 5.74) is 10.2. The Balaban J connectivity index is 2.22. The number of benzene rings is 1. The molecular weight excluding hydrogens is 336 g/mol. The lowest BCUT2D eigenvalue weighted by atomic mass is 9.76. The second-order valence-corrected chi connectivity index (χ2v) is 6.27. The summed E-state index contributed by atoms with van der Waals surface area (Å²) >= 11 is 0. The van der Waals surface area contributed by atoms with E-state index in [-0.39, 0.29) is 11.1 Å². The number of aliphatic carboxylic acids is 1. The Kier molecular flexibility index (Phi) is 4.50. The van der Waals surface area contributed by atoms with E-state index in [0.29, 0.717) is 11.1 Å². The van der Waals surface area contributed by atoms with Gasteiger partial charge in [0, 0.05) is 23.6 Å². The van der Waals surface area contributed by atoms with Crippen LogP contribution in [0.1, 0.15) is 41.0 Å². The van der Waals surface area contributed by atoms with E-state index in [1.54, 1.807) is 12.1 Å². The number of carbonyl (C=O) groups excluding carboxylic acids is 1. The molecule has 0 spiro atoms. The molecule has 1 aliphatic carbocycles. The lowest BCUT2D eigenvalue weighted by Gasteiger charge is -2.40. The Labute approximate surface area is 149 Å². The molecule has 9 nitrogen and oxygen atoms in total. The Bertz CT molecular complexity index is 975. The van der Waals surface area contributed by atoms with Crippen LogP contribution in [0.3, 0.4) is 0 Å². The molecule has 134 valence electrons. The van der Waals surface area contributed by atoms with Gasteiger partial charge in [0.1, 0.15) is 5.82 Å². The third-order valence-corrected chi connectivity index (χ3v) is 4.94. The third kappa shape index (κ3) is 2.83. The van der Waals surface area contributed by atoms with Crippen molar-refractivity contribution in [2.45, 2.75) is 24.8 Å². The number of carboxylic acids is 1. The number of fused-ring (bicyclic) bond motifs is 1. The van der Waals surface area contributed by atoms with Crippen LogP contribution in [-0.4, -0.2) is 33.6 Å². The van der Waals surface area contributed by atoms with Crippen LogP contribution in [0.15, 0.2) is 23.3 Å². The zero-order valence-electron chi connectivity index (χ0n) is 14.4. The number of azide groups is 1. The first-order valence-electron chi connectivity index (χ1n) is 8.12. The number of aryl methyl sites for hydroxylation is 1. The fourth-order valence-electron chi connectivity index (χ4n) is 3.38. The van der Waals surface area contributed by atoms with Crippen molar-refractivity contribution >= 4 is 29.0 Å². The predicted octanol–water partition coefficient (Wildman–Crippen LogP) is 2.72. The number of carboxylic acid groups (broad SMARTS) is 1. The third-order valence-electron chi connectivity index (χ3n) is 4.94. The maximum absolute atomic E-state index is 12.1. The summed E-state index contributed by atoms with van der Waals surface area (Å²) in [5.74, 6) is -1.05. The van der Waals surface area contributed by atoms with Crippen molar-refractivity contribution < 1.29 is 14.7 Å². The van der Waals surface area contributed by atoms with Crippen LogP contribution in [0.5, 0.6) is 0 Å². The molecule has 1 aromatic carbocycles. The zero-order chi connectivity index (χ0) is 18.9. The summed E-state index contributed by atoms with van der Waals surface area (Å²) in [6.07, 6.45) is 5.29. The first-order chi connectivity index (χ1) is 12.4. The Morgan fingerprint density at radius 1 is 1.46 bits per heavy atom. The van der Waals surface area contributed by atoms with Crippen LogP contribution in [0.4, 0.5) is 0 Å². The average Bonchev–Trinajstić information content (AvgIpc) is 2.88. The molecule has 1 heterocycles. The first-order valence-corrected chi connectivity index (χ1v) is 8.12. The highest BCUT2D eigenvalue weighted by Crippen LogP contribution is 2.41. The van der Waals surface area contributed by atoms with Gasteiger partial charge in [0.05, 0.1) is 16.6 Å². The molecule has 0 aliphatic heterocycles. The molecule has 0 radical (unpaired) electrons. The number of carbonyl (C=O) groups is 2. The zero-order valence-corrected chi connectivity index (χ0v) is 14.4. The van der Waals surface area contributed by atoms with Gasteiger partial charge in [-0.3, -0.25) is 4.79 Å². The number of hydrogen-bond acceptors (Lipinski definition) is 4. The number of rotatable bonds is 5. The SMILES string of the molecule is CNC1(c2nc3cc(C(=O)N=[N+]=[N-])c(/C=C/C(=O)O)cc3n2C)CCC1. The second kappa shape index (κ2) is 6.62. The van der Waals surface area contributed by atoms with Crippen LogP contribution in [0, 0.1) is 0 Å². The van der Waals surface area contributed by atoms with E-state index in [0.717, 1.165) is 36.7 Å². The molecule has 1 amide bonds. The maximum atomic E-state index is 12.1. The number of nitrogens with one attached hydrogen (secondary N) is 1.